The zero-order chi connectivity index (χ0) is 17.8. The molecule has 0 aromatic carbocycles. The van der Waals surface area contributed by atoms with Gasteiger partial charge in [-0.2, -0.15) is 5.10 Å². The van der Waals surface area contributed by atoms with Crippen LogP contribution in [0.15, 0.2) is 30.7 Å². The molecule has 1 saturated carbocycles. The average Bonchev–Trinajstić information content (AvgIpc) is 3.34. The molecule has 1 aliphatic carbocycles. The Labute approximate surface area is 153 Å². The number of hydrogen-bond donors (Lipinski definition) is 2. The standard InChI is InChI=1S/C18H25N7O/c26-18(23-16-8-11-21-25(16)15-6-1-2-7-15)22-14-5-3-12-24(13-14)17-19-9-4-10-20-17/h4,8-11,14-15H,1-3,5-7,12-13H2,(H2,22,23,26). The molecule has 1 aliphatic heterocycles. The fourth-order valence-corrected chi connectivity index (χ4v) is 3.92. The van der Waals surface area contributed by atoms with Gasteiger partial charge in [-0.3, -0.25) is 5.32 Å². The molecule has 2 fully saturated rings. The molecule has 8 heteroatoms. The first kappa shape index (κ1) is 16.8. The summed E-state index contributed by atoms with van der Waals surface area (Å²) in [7, 11) is 0. The van der Waals surface area contributed by atoms with Gasteiger partial charge < -0.3 is 10.2 Å². The van der Waals surface area contributed by atoms with Crippen LogP contribution in [0.4, 0.5) is 16.6 Å². The first-order valence-corrected chi connectivity index (χ1v) is 9.42. The van der Waals surface area contributed by atoms with Gasteiger partial charge in [0.15, 0.2) is 0 Å². The summed E-state index contributed by atoms with van der Waals surface area (Å²) in [5.41, 5.74) is 0. The minimum absolute atomic E-state index is 0.0791. The van der Waals surface area contributed by atoms with Gasteiger partial charge in [-0.1, -0.05) is 12.8 Å². The third-order valence-electron chi connectivity index (χ3n) is 5.17. The molecule has 2 N–H and O–H groups in total. The van der Waals surface area contributed by atoms with Crippen LogP contribution in [0.25, 0.3) is 0 Å². The van der Waals surface area contributed by atoms with Crippen LogP contribution in [0.1, 0.15) is 44.6 Å². The van der Waals surface area contributed by atoms with Crippen molar-refractivity contribution in [3.63, 3.8) is 0 Å². The van der Waals surface area contributed by atoms with Gasteiger partial charge in [-0.15, -0.1) is 0 Å². The van der Waals surface area contributed by atoms with E-state index in [4.69, 9.17) is 0 Å². The van der Waals surface area contributed by atoms with E-state index in [1.54, 1.807) is 18.6 Å². The van der Waals surface area contributed by atoms with Crippen molar-refractivity contribution in [3.8, 4) is 0 Å². The molecule has 1 saturated heterocycles. The van der Waals surface area contributed by atoms with E-state index in [1.807, 2.05) is 16.8 Å². The van der Waals surface area contributed by atoms with Gasteiger partial charge in [0.05, 0.1) is 12.2 Å². The van der Waals surface area contributed by atoms with Crippen molar-refractivity contribution in [3.05, 3.63) is 30.7 Å². The second-order valence-corrected chi connectivity index (χ2v) is 7.03. The summed E-state index contributed by atoms with van der Waals surface area (Å²) in [6.45, 7) is 1.64. The summed E-state index contributed by atoms with van der Waals surface area (Å²) in [6.07, 6.45) is 11.9. The predicted octanol–water partition coefficient (Wildman–Crippen LogP) is 2.58. The molecule has 26 heavy (non-hydrogen) atoms. The van der Waals surface area contributed by atoms with E-state index in [-0.39, 0.29) is 12.1 Å². The number of nitrogens with zero attached hydrogens (tertiary/aromatic N) is 5. The van der Waals surface area contributed by atoms with E-state index in [0.29, 0.717) is 6.04 Å². The van der Waals surface area contributed by atoms with Gasteiger partial charge >= 0.3 is 6.03 Å². The normalized spacial score (nSPS) is 20.9. The van der Waals surface area contributed by atoms with Crippen LogP contribution in [0.2, 0.25) is 0 Å². The van der Waals surface area contributed by atoms with Gasteiger partial charge in [-0.25, -0.2) is 19.4 Å². The Kier molecular flexibility index (Phi) is 4.99. The van der Waals surface area contributed by atoms with E-state index in [9.17, 15) is 4.79 Å². The largest absolute Gasteiger partial charge is 0.339 e. The summed E-state index contributed by atoms with van der Waals surface area (Å²) in [6, 6.07) is 3.98. The maximum Gasteiger partial charge on any atom is 0.320 e. The number of aromatic nitrogens is 4. The van der Waals surface area contributed by atoms with Crippen molar-refractivity contribution in [2.24, 2.45) is 0 Å². The number of urea groups is 1. The highest BCUT2D eigenvalue weighted by Gasteiger charge is 2.24. The number of piperidine rings is 1. The van der Waals surface area contributed by atoms with Crippen LogP contribution >= 0.6 is 0 Å². The van der Waals surface area contributed by atoms with Gasteiger partial charge in [-0.05, 0) is 31.7 Å². The number of anilines is 2. The van der Waals surface area contributed by atoms with Crippen molar-refractivity contribution in [2.45, 2.75) is 50.6 Å². The van der Waals surface area contributed by atoms with Gasteiger partial charge in [0.25, 0.3) is 0 Å². The lowest BCUT2D eigenvalue weighted by molar-refractivity contribution is 0.246. The quantitative estimate of drug-likeness (QED) is 0.880. The molecule has 0 radical (unpaired) electrons. The first-order valence-electron chi connectivity index (χ1n) is 9.42. The fraction of sp³-hybridized carbons (Fsp3) is 0.556. The number of carbonyl (C=O) groups is 1. The van der Waals surface area contributed by atoms with Gasteiger partial charge in [0, 0.05) is 37.6 Å². The highest BCUT2D eigenvalue weighted by Crippen LogP contribution is 2.31. The Morgan fingerprint density at radius 1 is 1.08 bits per heavy atom. The summed E-state index contributed by atoms with van der Waals surface area (Å²) in [5, 5.41) is 10.5. The molecular weight excluding hydrogens is 330 g/mol. The van der Waals surface area contributed by atoms with E-state index in [0.717, 1.165) is 50.5 Å². The summed E-state index contributed by atoms with van der Waals surface area (Å²) < 4.78 is 1.96. The van der Waals surface area contributed by atoms with Gasteiger partial charge in [0.2, 0.25) is 5.95 Å². The number of amides is 2. The fourth-order valence-electron chi connectivity index (χ4n) is 3.92. The molecule has 8 nitrogen and oxygen atoms in total. The molecule has 0 spiro atoms. The topological polar surface area (TPSA) is 88.0 Å². The zero-order valence-corrected chi connectivity index (χ0v) is 14.8. The van der Waals surface area contributed by atoms with Crippen molar-refractivity contribution in [1.82, 2.24) is 25.1 Å². The SMILES string of the molecule is O=C(Nc1ccnn1C1CCCC1)NC1CCCN(c2ncccn2)C1. The third kappa shape index (κ3) is 3.79. The Morgan fingerprint density at radius 3 is 2.69 bits per heavy atom. The van der Waals surface area contributed by atoms with E-state index in [1.165, 1.54) is 12.8 Å². The lowest BCUT2D eigenvalue weighted by atomic mass is 10.1. The predicted molar refractivity (Wildman–Crippen MR) is 99.2 cm³/mol. The molecule has 2 aromatic heterocycles. The Morgan fingerprint density at radius 2 is 1.88 bits per heavy atom. The summed E-state index contributed by atoms with van der Waals surface area (Å²) >= 11 is 0. The minimum Gasteiger partial charge on any atom is -0.339 e. The van der Waals surface area contributed by atoms with Crippen LogP contribution in [-0.4, -0.2) is 44.9 Å². The zero-order valence-electron chi connectivity index (χ0n) is 14.8. The van der Waals surface area contributed by atoms with E-state index in [2.05, 4.69) is 30.6 Å². The van der Waals surface area contributed by atoms with Crippen LogP contribution in [0.3, 0.4) is 0 Å². The number of hydrogen-bond acceptors (Lipinski definition) is 5. The molecule has 3 heterocycles. The molecule has 138 valence electrons. The number of rotatable bonds is 4. The number of nitrogens with one attached hydrogen (secondary N) is 2. The molecule has 0 bridgehead atoms. The minimum atomic E-state index is -0.175. The lowest BCUT2D eigenvalue weighted by Gasteiger charge is -2.33. The van der Waals surface area contributed by atoms with Crippen molar-refractivity contribution in [1.29, 1.82) is 0 Å². The maximum atomic E-state index is 12.5. The van der Waals surface area contributed by atoms with Crippen LogP contribution in [-0.2, 0) is 0 Å². The molecule has 4 rings (SSSR count). The second kappa shape index (κ2) is 7.72. The van der Waals surface area contributed by atoms with E-state index >= 15 is 0 Å². The lowest BCUT2D eigenvalue weighted by Crippen LogP contribution is -2.49. The summed E-state index contributed by atoms with van der Waals surface area (Å²) in [4.78, 5) is 23.2. The Hall–Kier alpha value is -2.64. The highest BCUT2D eigenvalue weighted by molar-refractivity contribution is 5.88. The van der Waals surface area contributed by atoms with Crippen LogP contribution < -0.4 is 15.5 Å². The second-order valence-electron chi connectivity index (χ2n) is 7.03. The Bertz CT molecular complexity index is 726. The molecule has 1 unspecified atom stereocenters. The molecule has 2 amide bonds. The summed E-state index contributed by atoms with van der Waals surface area (Å²) in [5.74, 6) is 1.49. The van der Waals surface area contributed by atoms with Crippen LogP contribution in [0.5, 0.6) is 0 Å². The van der Waals surface area contributed by atoms with Crippen LogP contribution in [0, 0.1) is 0 Å². The average molecular weight is 355 g/mol. The maximum absolute atomic E-state index is 12.5. The van der Waals surface area contributed by atoms with E-state index < -0.39 is 0 Å². The molecule has 1 atom stereocenters. The highest BCUT2D eigenvalue weighted by atomic mass is 16.2. The monoisotopic (exact) mass is 355 g/mol. The smallest absolute Gasteiger partial charge is 0.320 e. The molecule has 2 aromatic rings. The van der Waals surface area contributed by atoms with Crippen molar-refractivity contribution >= 4 is 17.8 Å². The molecular formula is C18H25N7O. The first-order chi connectivity index (χ1) is 12.8. The van der Waals surface area contributed by atoms with Gasteiger partial charge in [0.1, 0.15) is 5.82 Å². The van der Waals surface area contributed by atoms with Crippen molar-refractivity contribution < 1.29 is 4.79 Å². The third-order valence-corrected chi connectivity index (χ3v) is 5.17. The van der Waals surface area contributed by atoms with Crippen molar-refractivity contribution in [2.75, 3.05) is 23.3 Å². The Balaban J connectivity index is 1.34. The number of carbonyl (C=O) groups excluding carboxylic acids is 1. The molecule has 2 aliphatic rings.